The molecule has 2 aromatic rings. The van der Waals surface area contributed by atoms with E-state index in [0.29, 0.717) is 22.8 Å². The van der Waals surface area contributed by atoms with Gasteiger partial charge in [-0.3, -0.25) is 4.79 Å². The van der Waals surface area contributed by atoms with Gasteiger partial charge in [0.25, 0.3) is 0 Å². The van der Waals surface area contributed by atoms with E-state index in [2.05, 4.69) is 0 Å². The number of halogens is 1. The van der Waals surface area contributed by atoms with E-state index in [-0.39, 0.29) is 17.4 Å². The van der Waals surface area contributed by atoms with Crippen molar-refractivity contribution < 1.29 is 13.9 Å². The Kier molecular flexibility index (Phi) is 4.25. The summed E-state index contributed by atoms with van der Waals surface area (Å²) < 4.78 is 19.2. The van der Waals surface area contributed by atoms with E-state index in [1.54, 1.807) is 24.3 Å². The molecule has 0 bridgehead atoms. The average molecular weight is 302 g/mol. The number of ketones is 1. The van der Waals surface area contributed by atoms with Crippen LogP contribution in [0, 0.1) is 5.82 Å². The van der Waals surface area contributed by atoms with Crippen molar-refractivity contribution in [1.82, 2.24) is 0 Å². The van der Waals surface area contributed by atoms with Crippen LogP contribution in [0.2, 0.25) is 0 Å². The maximum absolute atomic E-state index is 13.6. The molecule has 0 fully saturated rings. The summed E-state index contributed by atoms with van der Waals surface area (Å²) in [4.78, 5) is 12.9. The summed E-state index contributed by atoms with van der Waals surface area (Å²) in [5.41, 5.74) is 1.69. The van der Waals surface area contributed by atoms with Crippen LogP contribution in [0.4, 0.5) is 4.39 Å². The molecule has 0 saturated heterocycles. The summed E-state index contributed by atoms with van der Waals surface area (Å²) in [6.45, 7) is 0.651. The van der Waals surface area contributed by atoms with Crippen molar-refractivity contribution in [2.24, 2.45) is 0 Å². The molecule has 0 amide bonds. The van der Waals surface area contributed by atoms with Gasteiger partial charge in [0.15, 0.2) is 5.78 Å². The number of benzene rings is 2. The van der Waals surface area contributed by atoms with Gasteiger partial charge >= 0.3 is 0 Å². The average Bonchev–Trinajstić information content (AvgIpc) is 2.53. The molecule has 0 spiro atoms. The van der Waals surface area contributed by atoms with Gasteiger partial charge in [0.05, 0.1) is 17.9 Å². The lowest BCUT2D eigenvalue weighted by Gasteiger charge is -2.19. The Morgan fingerprint density at radius 3 is 2.90 bits per heavy atom. The number of aryl methyl sites for hydroxylation is 1. The molecule has 0 radical (unpaired) electrons. The number of carbonyl (C=O) groups excluding carboxylic acids is 1. The highest BCUT2D eigenvalue weighted by molar-refractivity contribution is 8.00. The molecule has 0 aromatic heterocycles. The molecule has 0 unspecified atom stereocenters. The highest BCUT2D eigenvalue weighted by Crippen LogP contribution is 2.31. The van der Waals surface area contributed by atoms with Crippen LogP contribution in [-0.4, -0.2) is 18.1 Å². The zero-order valence-corrected chi connectivity index (χ0v) is 12.3. The SMILES string of the molecule is O=C(CSc1ccccc1F)c1cccc2c1OCCC2. The number of para-hydroxylation sites is 1. The van der Waals surface area contributed by atoms with Crippen molar-refractivity contribution in [3.05, 3.63) is 59.4 Å². The summed E-state index contributed by atoms with van der Waals surface area (Å²) in [5, 5.41) is 0. The van der Waals surface area contributed by atoms with Gasteiger partial charge in [0, 0.05) is 4.90 Å². The fraction of sp³-hybridized carbons (Fsp3) is 0.235. The zero-order chi connectivity index (χ0) is 14.7. The zero-order valence-electron chi connectivity index (χ0n) is 11.5. The highest BCUT2D eigenvalue weighted by atomic mass is 32.2. The van der Waals surface area contributed by atoms with Crippen LogP contribution in [0.15, 0.2) is 47.4 Å². The molecule has 2 aromatic carbocycles. The van der Waals surface area contributed by atoms with Gasteiger partial charge in [0.2, 0.25) is 0 Å². The van der Waals surface area contributed by atoms with E-state index in [1.165, 1.54) is 17.8 Å². The highest BCUT2D eigenvalue weighted by Gasteiger charge is 2.19. The van der Waals surface area contributed by atoms with E-state index in [9.17, 15) is 9.18 Å². The third-order valence-corrected chi connectivity index (χ3v) is 4.48. The van der Waals surface area contributed by atoms with Crippen LogP contribution in [0.5, 0.6) is 5.75 Å². The van der Waals surface area contributed by atoms with E-state index in [4.69, 9.17) is 4.74 Å². The molecule has 21 heavy (non-hydrogen) atoms. The van der Waals surface area contributed by atoms with Crippen LogP contribution < -0.4 is 4.74 Å². The first-order chi connectivity index (χ1) is 10.3. The van der Waals surface area contributed by atoms with E-state index >= 15 is 0 Å². The maximum Gasteiger partial charge on any atom is 0.176 e. The number of rotatable bonds is 4. The predicted octanol–water partition coefficient (Wildman–Crippen LogP) is 4.13. The summed E-state index contributed by atoms with van der Waals surface area (Å²) in [6, 6.07) is 12.2. The van der Waals surface area contributed by atoms with Gasteiger partial charge in [-0.2, -0.15) is 0 Å². The van der Waals surface area contributed by atoms with Crippen LogP contribution in [0.1, 0.15) is 22.3 Å². The van der Waals surface area contributed by atoms with Crippen molar-refractivity contribution in [2.75, 3.05) is 12.4 Å². The normalized spacial score (nSPS) is 13.4. The maximum atomic E-state index is 13.6. The Morgan fingerprint density at radius 1 is 1.19 bits per heavy atom. The fourth-order valence-corrected chi connectivity index (χ4v) is 3.21. The molecule has 0 atom stereocenters. The Morgan fingerprint density at radius 2 is 2.05 bits per heavy atom. The monoisotopic (exact) mass is 302 g/mol. The van der Waals surface area contributed by atoms with Crippen LogP contribution in [0.25, 0.3) is 0 Å². The van der Waals surface area contributed by atoms with Crippen LogP contribution in [-0.2, 0) is 6.42 Å². The van der Waals surface area contributed by atoms with Crippen molar-refractivity contribution >= 4 is 17.5 Å². The second-order valence-electron chi connectivity index (χ2n) is 4.89. The quantitative estimate of drug-likeness (QED) is 0.627. The number of thioether (sulfide) groups is 1. The number of hydrogen-bond donors (Lipinski definition) is 0. The largest absolute Gasteiger partial charge is 0.493 e. The smallest absolute Gasteiger partial charge is 0.176 e. The Hall–Kier alpha value is -1.81. The predicted molar refractivity (Wildman–Crippen MR) is 81.7 cm³/mol. The number of hydrogen-bond acceptors (Lipinski definition) is 3. The first-order valence-electron chi connectivity index (χ1n) is 6.91. The van der Waals surface area contributed by atoms with Gasteiger partial charge in [0.1, 0.15) is 11.6 Å². The molecule has 0 aliphatic carbocycles. The third kappa shape index (κ3) is 3.10. The third-order valence-electron chi connectivity index (χ3n) is 3.43. The Labute approximate surface area is 127 Å². The van der Waals surface area contributed by atoms with E-state index in [0.717, 1.165) is 18.4 Å². The van der Waals surface area contributed by atoms with Gasteiger partial charge in [-0.05, 0) is 36.6 Å². The minimum absolute atomic E-state index is 0.0259. The first-order valence-corrected chi connectivity index (χ1v) is 7.89. The van der Waals surface area contributed by atoms with Gasteiger partial charge in [-0.15, -0.1) is 11.8 Å². The lowest BCUT2D eigenvalue weighted by atomic mass is 10.0. The molecule has 108 valence electrons. The molecule has 1 aliphatic heterocycles. The minimum Gasteiger partial charge on any atom is -0.493 e. The first kappa shape index (κ1) is 14.1. The topological polar surface area (TPSA) is 26.3 Å². The molecule has 0 saturated carbocycles. The second kappa shape index (κ2) is 6.31. The summed E-state index contributed by atoms with van der Waals surface area (Å²) in [5.74, 6) is 0.604. The van der Waals surface area contributed by atoms with Gasteiger partial charge in [-0.1, -0.05) is 24.3 Å². The van der Waals surface area contributed by atoms with Crippen LogP contribution in [0.3, 0.4) is 0 Å². The van der Waals surface area contributed by atoms with E-state index in [1.807, 2.05) is 12.1 Å². The molecule has 2 nitrogen and oxygen atoms in total. The lowest BCUT2D eigenvalue weighted by molar-refractivity contribution is 0.101. The minimum atomic E-state index is -0.290. The molecule has 0 N–H and O–H groups in total. The second-order valence-corrected chi connectivity index (χ2v) is 5.91. The standard InChI is InChI=1S/C17H15FO2S/c18-14-8-1-2-9-16(14)21-11-15(19)13-7-3-5-12-6-4-10-20-17(12)13/h1-3,5,7-9H,4,6,10-11H2. The van der Waals surface area contributed by atoms with Crippen molar-refractivity contribution in [3.8, 4) is 5.75 Å². The van der Waals surface area contributed by atoms with Crippen LogP contribution >= 0.6 is 11.8 Å². The number of Topliss-reactive ketones (excluding diaryl/α,β-unsaturated/α-hetero) is 1. The van der Waals surface area contributed by atoms with Crippen molar-refractivity contribution in [2.45, 2.75) is 17.7 Å². The number of ether oxygens (including phenoxy) is 1. The molecular formula is C17H15FO2S. The molecule has 3 rings (SSSR count). The number of carbonyl (C=O) groups is 1. The van der Waals surface area contributed by atoms with Gasteiger partial charge < -0.3 is 4.74 Å². The summed E-state index contributed by atoms with van der Waals surface area (Å²) in [7, 11) is 0. The summed E-state index contributed by atoms with van der Waals surface area (Å²) in [6.07, 6.45) is 1.92. The molecule has 1 heterocycles. The fourth-order valence-electron chi connectivity index (χ4n) is 2.39. The van der Waals surface area contributed by atoms with E-state index < -0.39 is 0 Å². The molecular weight excluding hydrogens is 287 g/mol. The molecule has 1 aliphatic rings. The Balaban J connectivity index is 1.76. The Bertz CT molecular complexity index is 670. The summed E-state index contributed by atoms with van der Waals surface area (Å²) >= 11 is 1.22. The van der Waals surface area contributed by atoms with Crippen molar-refractivity contribution in [1.29, 1.82) is 0 Å². The van der Waals surface area contributed by atoms with Gasteiger partial charge in [-0.25, -0.2) is 4.39 Å². The van der Waals surface area contributed by atoms with Crippen molar-refractivity contribution in [3.63, 3.8) is 0 Å². The lowest BCUT2D eigenvalue weighted by Crippen LogP contribution is -2.13. The number of fused-ring (bicyclic) bond motifs is 1. The molecule has 4 heteroatoms.